The molecule has 0 saturated heterocycles. The predicted octanol–water partition coefficient (Wildman–Crippen LogP) is 3.23. The van der Waals surface area contributed by atoms with Crippen molar-refractivity contribution in [3.05, 3.63) is 10.0 Å². The highest BCUT2D eigenvalue weighted by Crippen LogP contribution is 2.43. The molecule has 1 saturated carbocycles. The van der Waals surface area contributed by atoms with Crippen molar-refractivity contribution in [1.82, 2.24) is 20.4 Å². The minimum Gasteiger partial charge on any atom is -0.373 e. The number of aliphatic hydroxyl groups is 1. The largest absolute Gasteiger partial charge is 0.373 e. The maximum Gasteiger partial charge on any atom is 0.236 e. The van der Waals surface area contributed by atoms with Gasteiger partial charge in [-0.1, -0.05) is 29.1 Å². The van der Waals surface area contributed by atoms with E-state index in [0.717, 1.165) is 35.7 Å². The highest BCUT2D eigenvalue weighted by Gasteiger charge is 2.29. The van der Waals surface area contributed by atoms with Crippen LogP contribution in [-0.4, -0.2) is 61.7 Å². The van der Waals surface area contributed by atoms with Gasteiger partial charge < -0.3 is 10.4 Å². The van der Waals surface area contributed by atoms with Crippen LogP contribution >= 0.6 is 46.2 Å². The molecular weight excluding hydrogens is 436 g/mol. The Morgan fingerprint density at radius 1 is 1.11 bits per heavy atom. The second kappa shape index (κ2) is 10.7. The zero-order valence-electron chi connectivity index (χ0n) is 15.8. The van der Waals surface area contributed by atoms with Gasteiger partial charge >= 0.3 is 0 Å². The number of aliphatic hydroxyl groups excluding tert-OH is 1. The Balaban J connectivity index is 1.59. The second-order valence-electron chi connectivity index (χ2n) is 6.55. The maximum absolute atomic E-state index is 11.7. The Morgan fingerprint density at radius 2 is 1.75 bits per heavy atom. The molecule has 3 unspecified atom stereocenters. The third-order valence-electron chi connectivity index (χ3n) is 4.39. The van der Waals surface area contributed by atoms with E-state index >= 15 is 0 Å². The summed E-state index contributed by atoms with van der Waals surface area (Å²) < 4.78 is 0. The van der Waals surface area contributed by atoms with Crippen LogP contribution in [0.1, 0.15) is 47.5 Å². The van der Waals surface area contributed by atoms with Gasteiger partial charge in [-0.15, -0.1) is 20.4 Å². The number of carbonyl (C=O) groups is 1. The summed E-state index contributed by atoms with van der Waals surface area (Å²) in [5, 5.41) is 35.8. The van der Waals surface area contributed by atoms with Crippen molar-refractivity contribution in [3.63, 3.8) is 0 Å². The molecule has 0 aromatic carbocycles. The number of rotatable bonds is 9. The van der Waals surface area contributed by atoms with Crippen molar-refractivity contribution in [2.45, 2.75) is 43.7 Å². The summed E-state index contributed by atoms with van der Waals surface area (Å²) in [6.45, 7) is 0. The van der Waals surface area contributed by atoms with Crippen molar-refractivity contribution in [2.24, 2.45) is 0 Å². The Bertz CT molecular complexity index is 770. The predicted molar refractivity (Wildman–Crippen MR) is 119 cm³/mol. The van der Waals surface area contributed by atoms with Gasteiger partial charge in [0.1, 0.15) is 16.2 Å². The molecule has 28 heavy (non-hydrogen) atoms. The molecule has 2 aromatic rings. The monoisotopic (exact) mass is 460 g/mol. The van der Waals surface area contributed by atoms with E-state index in [2.05, 4.69) is 31.0 Å². The zero-order chi connectivity index (χ0) is 19.9. The summed E-state index contributed by atoms with van der Waals surface area (Å²) in [6.07, 6.45) is 7.43. The quantitative estimate of drug-likeness (QED) is 0.485. The van der Waals surface area contributed by atoms with Crippen molar-refractivity contribution < 1.29 is 9.90 Å². The number of carbonyl (C=O) groups excluding carboxylic acids is 1. The van der Waals surface area contributed by atoms with Crippen LogP contribution in [0.3, 0.4) is 0 Å². The molecule has 1 amide bonds. The van der Waals surface area contributed by atoms with E-state index in [4.69, 9.17) is 0 Å². The van der Waals surface area contributed by atoms with Crippen LogP contribution in [-0.2, 0) is 4.79 Å². The molecule has 3 atom stereocenters. The highest BCUT2D eigenvalue weighted by molar-refractivity contribution is 7.99. The van der Waals surface area contributed by atoms with E-state index in [1.54, 1.807) is 11.8 Å². The average molecular weight is 461 g/mol. The molecule has 2 heterocycles. The molecule has 1 fully saturated rings. The third kappa shape index (κ3) is 6.02. The Kier molecular flexibility index (Phi) is 8.33. The molecule has 12 heteroatoms. The lowest BCUT2D eigenvalue weighted by Gasteiger charge is -2.25. The van der Waals surface area contributed by atoms with E-state index in [-0.39, 0.29) is 5.91 Å². The molecule has 2 aromatic heterocycles. The molecule has 154 valence electrons. The molecule has 1 aliphatic carbocycles. The van der Waals surface area contributed by atoms with E-state index < -0.39 is 6.23 Å². The number of aromatic nitrogens is 4. The van der Waals surface area contributed by atoms with Gasteiger partial charge in [0.15, 0.2) is 0 Å². The number of anilines is 2. The van der Waals surface area contributed by atoms with Crippen molar-refractivity contribution >= 4 is 62.4 Å². The van der Waals surface area contributed by atoms with Crippen molar-refractivity contribution in [3.8, 4) is 0 Å². The van der Waals surface area contributed by atoms with Crippen LogP contribution in [0.2, 0.25) is 0 Å². The van der Waals surface area contributed by atoms with E-state index in [1.165, 1.54) is 34.4 Å². The number of nitrogens with one attached hydrogen (secondary N) is 2. The normalized spacial score (nSPS) is 20.7. The van der Waals surface area contributed by atoms with Crippen LogP contribution in [0.25, 0.3) is 0 Å². The SMILES string of the molecule is CSCC(=O)Nc1nnc(C2CCCC(c3nnc(NC(O)CSC)s3)C2)s1. The molecule has 0 spiro atoms. The van der Waals surface area contributed by atoms with Gasteiger partial charge in [-0.2, -0.15) is 23.5 Å². The first-order valence-corrected chi connectivity index (χ1v) is 13.4. The number of thioether (sulfide) groups is 2. The Morgan fingerprint density at radius 3 is 2.39 bits per heavy atom. The summed E-state index contributed by atoms with van der Waals surface area (Å²) in [6, 6.07) is 0. The lowest BCUT2D eigenvalue weighted by atomic mass is 9.82. The molecular formula is C16H24N6O2S4. The van der Waals surface area contributed by atoms with Crippen LogP contribution in [0, 0.1) is 0 Å². The topological polar surface area (TPSA) is 113 Å². The zero-order valence-corrected chi connectivity index (χ0v) is 19.0. The van der Waals surface area contributed by atoms with E-state index in [0.29, 0.717) is 33.6 Å². The Labute approximate surface area is 180 Å². The summed E-state index contributed by atoms with van der Waals surface area (Å²) in [7, 11) is 0. The molecule has 1 aliphatic rings. The van der Waals surface area contributed by atoms with Gasteiger partial charge in [-0.05, 0) is 31.8 Å². The van der Waals surface area contributed by atoms with E-state index in [9.17, 15) is 9.90 Å². The van der Waals surface area contributed by atoms with Crippen molar-refractivity contribution in [1.29, 1.82) is 0 Å². The standard InChI is InChI=1S/C16H24N6O2S4/c1-25-7-11(23)17-15-21-19-13(27-15)9-4-3-5-10(6-9)14-20-22-16(28-14)18-12(24)8-26-2/h9-11,23H,3-8H2,1-2H3,(H,17,21)(H,18,22,24). The van der Waals surface area contributed by atoms with Gasteiger partial charge in [0, 0.05) is 17.6 Å². The summed E-state index contributed by atoms with van der Waals surface area (Å²) >= 11 is 6.04. The molecule has 0 radical (unpaired) electrons. The molecule has 3 rings (SSSR count). The van der Waals surface area contributed by atoms with Crippen LogP contribution < -0.4 is 10.6 Å². The van der Waals surface area contributed by atoms with Crippen molar-refractivity contribution in [2.75, 3.05) is 34.7 Å². The fourth-order valence-corrected chi connectivity index (χ4v) is 5.75. The second-order valence-corrected chi connectivity index (χ2v) is 10.3. The molecule has 3 N–H and O–H groups in total. The fourth-order valence-electron chi connectivity index (χ4n) is 3.17. The first kappa shape index (κ1) is 21.8. The molecule has 0 bridgehead atoms. The van der Waals surface area contributed by atoms with Gasteiger partial charge in [0.05, 0.1) is 5.75 Å². The molecule has 8 nitrogen and oxygen atoms in total. The maximum atomic E-state index is 11.7. The number of amides is 1. The smallest absolute Gasteiger partial charge is 0.236 e. The fraction of sp³-hybridized carbons (Fsp3) is 0.688. The Hall–Kier alpha value is -0.950. The lowest BCUT2D eigenvalue weighted by molar-refractivity contribution is -0.113. The minimum absolute atomic E-state index is 0.0470. The van der Waals surface area contributed by atoms with Crippen LogP contribution in [0.4, 0.5) is 10.3 Å². The summed E-state index contributed by atoms with van der Waals surface area (Å²) in [5.74, 6) is 1.63. The molecule has 0 aliphatic heterocycles. The summed E-state index contributed by atoms with van der Waals surface area (Å²) in [4.78, 5) is 11.7. The van der Waals surface area contributed by atoms with Gasteiger partial charge in [-0.25, -0.2) is 0 Å². The van der Waals surface area contributed by atoms with Gasteiger partial charge in [0.2, 0.25) is 16.2 Å². The first-order valence-electron chi connectivity index (χ1n) is 8.98. The number of hydrogen-bond donors (Lipinski definition) is 3. The number of hydrogen-bond acceptors (Lipinski definition) is 11. The summed E-state index contributed by atoms with van der Waals surface area (Å²) in [5.41, 5.74) is 0. The van der Waals surface area contributed by atoms with Crippen LogP contribution in [0.15, 0.2) is 0 Å². The lowest BCUT2D eigenvalue weighted by Crippen LogP contribution is -2.20. The minimum atomic E-state index is -0.615. The highest BCUT2D eigenvalue weighted by atomic mass is 32.2. The first-order chi connectivity index (χ1) is 13.6. The van der Waals surface area contributed by atoms with Crippen LogP contribution in [0.5, 0.6) is 0 Å². The average Bonchev–Trinajstić information content (AvgIpc) is 3.32. The third-order valence-corrected chi connectivity index (χ3v) is 7.61. The van der Waals surface area contributed by atoms with Gasteiger partial charge in [0.25, 0.3) is 0 Å². The van der Waals surface area contributed by atoms with Gasteiger partial charge in [-0.3, -0.25) is 10.1 Å². The number of nitrogens with zero attached hydrogens (tertiary/aromatic N) is 4. The van der Waals surface area contributed by atoms with E-state index in [1.807, 2.05) is 12.5 Å².